The highest BCUT2D eigenvalue weighted by Crippen LogP contribution is 2.43. The van der Waals surface area contributed by atoms with Crippen LogP contribution in [0.25, 0.3) is 6.08 Å². The van der Waals surface area contributed by atoms with Crippen molar-refractivity contribution in [3.05, 3.63) is 56.8 Å². The number of phenolic OH excluding ortho intramolecular Hbond substituents is 1. The summed E-state index contributed by atoms with van der Waals surface area (Å²) >= 11 is 6.28. The van der Waals surface area contributed by atoms with Crippen LogP contribution in [0.1, 0.15) is 52.4 Å². The first-order valence-corrected chi connectivity index (χ1v) is 11.3. The number of hydrogen-bond donors (Lipinski definition) is 1. The molecule has 0 radical (unpaired) electrons. The first-order chi connectivity index (χ1) is 15.4. The molecule has 0 bridgehead atoms. The fourth-order valence-electron chi connectivity index (χ4n) is 4.63. The fourth-order valence-corrected chi connectivity index (χ4v) is 4.88. The van der Waals surface area contributed by atoms with Crippen LogP contribution in [0.15, 0.2) is 24.0 Å². The van der Waals surface area contributed by atoms with Crippen LogP contribution < -0.4 is 9.47 Å². The smallest absolute Gasteiger partial charge is 0.232 e. The molecular weight excluding hydrogens is 430 g/mol. The molecule has 3 heterocycles. The molecule has 0 amide bonds. The maximum atomic E-state index is 13.3. The minimum atomic E-state index is -0.202. The summed E-state index contributed by atoms with van der Waals surface area (Å²) in [5, 5.41) is 11.2. The second-order valence-electron chi connectivity index (χ2n) is 8.89. The Morgan fingerprint density at radius 3 is 2.78 bits per heavy atom. The van der Waals surface area contributed by atoms with Crippen LogP contribution >= 0.6 is 11.6 Å². The first-order valence-electron chi connectivity index (χ1n) is 11.0. The number of ether oxygens (including phenoxy) is 3. The third-order valence-electron chi connectivity index (χ3n) is 6.47. The summed E-state index contributed by atoms with van der Waals surface area (Å²) in [5.41, 5.74) is 3.36. The van der Waals surface area contributed by atoms with Crippen LogP contribution in [0.3, 0.4) is 0 Å². The van der Waals surface area contributed by atoms with E-state index < -0.39 is 0 Å². The van der Waals surface area contributed by atoms with Crippen molar-refractivity contribution < 1.29 is 24.1 Å². The van der Waals surface area contributed by atoms with E-state index in [4.69, 9.17) is 25.8 Å². The predicted octanol–water partition coefficient (Wildman–Crippen LogP) is 5.07. The number of aromatic hydroxyl groups is 1. The number of rotatable bonds is 3. The summed E-state index contributed by atoms with van der Waals surface area (Å²) in [6, 6.07) is 5.20. The number of benzene rings is 2. The molecule has 0 aromatic heterocycles. The van der Waals surface area contributed by atoms with Crippen molar-refractivity contribution >= 4 is 23.5 Å². The number of allylic oxidation sites excluding steroid dienone is 1. The number of hydrogen-bond acceptors (Lipinski definition) is 6. The number of likely N-dealkylation sites (tertiary alicyclic amines) is 1. The van der Waals surface area contributed by atoms with Crippen molar-refractivity contribution in [3.8, 4) is 17.2 Å². The molecule has 2 aromatic carbocycles. The minimum Gasteiger partial charge on any atom is -0.507 e. The van der Waals surface area contributed by atoms with Gasteiger partial charge in [0.15, 0.2) is 12.6 Å². The van der Waals surface area contributed by atoms with Crippen LogP contribution in [0, 0.1) is 12.8 Å². The normalized spacial score (nSPS) is 20.1. The van der Waals surface area contributed by atoms with Gasteiger partial charge in [0.25, 0.3) is 0 Å². The maximum absolute atomic E-state index is 13.3. The van der Waals surface area contributed by atoms with Crippen LogP contribution in [0.4, 0.5) is 0 Å². The Morgan fingerprint density at radius 2 is 2.00 bits per heavy atom. The zero-order valence-corrected chi connectivity index (χ0v) is 19.0. The van der Waals surface area contributed by atoms with Gasteiger partial charge in [0.1, 0.15) is 17.2 Å². The lowest BCUT2D eigenvalue weighted by atomic mass is 9.96. The zero-order chi connectivity index (χ0) is 22.4. The van der Waals surface area contributed by atoms with Gasteiger partial charge in [-0.2, -0.15) is 0 Å². The number of piperidine rings is 1. The molecule has 0 unspecified atom stereocenters. The number of aryl methyl sites for hydroxylation is 1. The SMILES string of the molecule is Cc1cc(O)c(CN2CCC(C)CC2)c2c1C(=O)/C(=C/c1cc(Cl)cc3c1OCOC3)O2. The van der Waals surface area contributed by atoms with Gasteiger partial charge in [-0.3, -0.25) is 9.69 Å². The number of phenols is 1. The van der Waals surface area contributed by atoms with Crippen molar-refractivity contribution in [2.75, 3.05) is 19.9 Å². The summed E-state index contributed by atoms with van der Waals surface area (Å²) in [5.74, 6) is 1.97. The highest BCUT2D eigenvalue weighted by Gasteiger charge is 2.34. The van der Waals surface area contributed by atoms with E-state index in [1.807, 2.05) is 6.92 Å². The van der Waals surface area contributed by atoms with Gasteiger partial charge in [0, 0.05) is 22.7 Å². The van der Waals surface area contributed by atoms with Gasteiger partial charge >= 0.3 is 0 Å². The van der Waals surface area contributed by atoms with Gasteiger partial charge in [-0.05, 0) is 68.6 Å². The van der Waals surface area contributed by atoms with Crippen molar-refractivity contribution in [1.29, 1.82) is 0 Å². The molecule has 3 aliphatic rings. The Labute approximate surface area is 192 Å². The molecule has 0 aliphatic carbocycles. The summed E-state index contributed by atoms with van der Waals surface area (Å²) < 4.78 is 17.1. The molecule has 1 fully saturated rings. The number of fused-ring (bicyclic) bond motifs is 2. The molecule has 6 nitrogen and oxygen atoms in total. The quantitative estimate of drug-likeness (QED) is 0.652. The van der Waals surface area contributed by atoms with Crippen molar-refractivity contribution in [2.24, 2.45) is 5.92 Å². The topological polar surface area (TPSA) is 68.2 Å². The van der Waals surface area contributed by atoms with E-state index in [9.17, 15) is 9.90 Å². The second-order valence-corrected chi connectivity index (χ2v) is 9.32. The molecule has 0 spiro atoms. The van der Waals surface area contributed by atoms with Gasteiger partial charge in [0.05, 0.1) is 17.7 Å². The third kappa shape index (κ3) is 3.87. The van der Waals surface area contributed by atoms with Crippen LogP contribution in [-0.4, -0.2) is 35.7 Å². The van der Waals surface area contributed by atoms with Crippen LogP contribution in [-0.2, 0) is 17.9 Å². The van der Waals surface area contributed by atoms with Crippen molar-refractivity contribution in [2.45, 2.75) is 39.8 Å². The van der Waals surface area contributed by atoms with Crippen molar-refractivity contribution in [3.63, 3.8) is 0 Å². The molecule has 168 valence electrons. The average molecular weight is 456 g/mol. The number of carbonyl (C=O) groups excluding carboxylic acids is 1. The summed E-state index contributed by atoms with van der Waals surface area (Å²) in [7, 11) is 0. The summed E-state index contributed by atoms with van der Waals surface area (Å²) in [6.45, 7) is 7.10. The molecular formula is C25H26ClNO5. The molecule has 2 aromatic rings. The van der Waals surface area contributed by atoms with Crippen LogP contribution in [0.2, 0.25) is 5.02 Å². The minimum absolute atomic E-state index is 0.144. The van der Waals surface area contributed by atoms with Crippen LogP contribution in [0.5, 0.6) is 17.2 Å². The second kappa shape index (κ2) is 8.43. The molecule has 7 heteroatoms. The number of halogens is 1. The van der Waals surface area contributed by atoms with E-state index in [0.29, 0.717) is 57.8 Å². The van der Waals surface area contributed by atoms with E-state index >= 15 is 0 Å². The zero-order valence-electron chi connectivity index (χ0n) is 18.2. The monoisotopic (exact) mass is 455 g/mol. The van der Waals surface area contributed by atoms with Gasteiger partial charge in [-0.15, -0.1) is 0 Å². The van der Waals surface area contributed by atoms with Gasteiger partial charge in [-0.25, -0.2) is 0 Å². The average Bonchev–Trinajstić information content (AvgIpc) is 3.08. The fraction of sp³-hybridized carbons (Fsp3) is 0.400. The molecule has 5 rings (SSSR count). The van der Waals surface area contributed by atoms with Crippen molar-refractivity contribution in [1.82, 2.24) is 4.90 Å². The molecule has 1 saturated heterocycles. The Balaban J connectivity index is 1.51. The highest BCUT2D eigenvalue weighted by molar-refractivity contribution is 6.31. The van der Waals surface area contributed by atoms with E-state index in [0.717, 1.165) is 31.5 Å². The van der Waals surface area contributed by atoms with E-state index in [1.165, 1.54) is 0 Å². The standard InChI is InChI=1S/C25H26ClNO5/c1-14-3-5-27(6-4-14)11-19-20(28)7-15(2)22-23(29)21(32-25(19)22)10-16-8-18(26)9-17-12-30-13-31-24(16)17/h7-10,14,28H,3-6,11-13H2,1-2H3/b21-10-. The molecule has 0 saturated carbocycles. The van der Waals surface area contributed by atoms with Gasteiger partial charge in [0.2, 0.25) is 5.78 Å². The Bertz CT molecular complexity index is 1120. The lowest BCUT2D eigenvalue weighted by Gasteiger charge is -2.30. The van der Waals surface area contributed by atoms with E-state index in [1.54, 1.807) is 24.3 Å². The van der Waals surface area contributed by atoms with E-state index in [2.05, 4.69) is 11.8 Å². The third-order valence-corrected chi connectivity index (χ3v) is 6.69. The number of Topliss-reactive ketones (excluding diaryl/α,β-unsaturated/α-hetero) is 1. The lowest BCUT2D eigenvalue weighted by molar-refractivity contribution is -0.0165. The Morgan fingerprint density at radius 1 is 1.22 bits per heavy atom. The molecule has 3 aliphatic heterocycles. The Kier molecular flexibility index (Phi) is 5.61. The number of nitrogens with zero attached hydrogens (tertiary/aromatic N) is 1. The highest BCUT2D eigenvalue weighted by atomic mass is 35.5. The number of carbonyl (C=O) groups is 1. The van der Waals surface area contributed by atoms with Gasteiger partial charge < -0.3 is 19.3 Å². The largest absolute Gasteiger partial charge is 0.507 e. The number of ketones is 1. The van der Waals surface area contributed by atoms with E-state index in [-0.39, 0.29) is 24.1 Å². The summed E-state index contributed by atoms with van der Waals surface area (Å²) in [4.78, 5) is 15.6. The molecule has 32 heavy (non-hydrogen) atoms. The Hall–Kier alpha value is -2.54. The van der Waals surface area contributed by atoms with Gasteiger partial charge in [-0.1, -0.05) is 18.5 Å². The lowest BCUT2D eigenvalue weighted by Crippen LogP contribution is -2.32. The molecule has 1 N–H and O–H groups in total. The first kappa shape index (κ1) is 21.3. The summed E-state index contributed by atoms with van der Waals surface area (Å²) in [6.07, 6.45) is 3.92. The molecule has 0 atom stereocenters. The maximum Gasteiger partial charge on any atom is 0.232 e. The predicted molar refractivity (Wildman–Crippen MR) is 121 cm³/mol.